The summed E-state index contributed by atoms with van der Waals surface area (Å²) in [6.45, 7) is 3.61. The molecule has 0 aliphatic heterocycles. The molecule has 2 aromatic rings. The molecule has 20 heavy (non-hydrogen) atoms. The van der Waals surface area contributed by atoms with Crippen LogP contribution in [0.5, 0.6) is 0 Å². The third kappa shape index (κ3) is 2.98. The number of halogens is 3. The highest BCUT2D eigenvalue weighted by molar-refractivity contribution is 5.85. The molecule has 1 N–H and O–H groups in total. The largest absolute Gasteiger partial charge is 0.416 e. The number of aromatic nitrogens is 1. The van der Waals surface area contributed by atoms with Crippen molar-refractivity contribution < 1.29 is 13.2 Å². The Balaban J connectivity index is 2.44. The molecule has 1 aromatic heterocycles. The summed E-state index contributed by atoms with van der Waals surface area (Å²) in [7, 11) is 1.87. The van der Waals surface area contributed by atoms with E-state index in [0.29, 0.717) is 0 Å². The average molecular weight is 284 g/mol. The van der Waals surface area contributed by atoms with E-state index in [9.17, 15) is 13.2 Å². The zero-order valence-corrected chi connectivity index (χ0v) is 11.7. The van der Waals surface area contributed by atoms with Crippen LogP contribution in [0.2, 0.25) is 0 Å². The van der Waals surface area contributed by atoms with E-state index in [1.807, 2.05) is 24.7 Å². The fourth-order valence-corrected chi connectivity index (χ4v) is 2.46. The normalized spacial score (nSPS) is 12.2. The Morgan fingerprint density at radius 1 is 1.25 bits per heavy atom. The third-order valence-electron chi connectivity index (χ3n) is 3.50. The highest BCUT2D eigenvalue weighted by Gasteiger charge is 2.30. The minimum absolute atomic E-state index is 0.575. The quantitative estimate of drug-likeness (QED) is 0.826. The smallest absolute Gasteiger partial charge is 0.347 e. The number of benzene rings is 1. The summed E-state index contributed by atoms with van der Waals surface area (Å²) in [6, 6.07) is 4.01. The molecule has 1 heterocycles. The van der Waals surface area contributed by atoms with Gasteiger partial charge in [0.15, 0.2) is 0 Å². The van der Waals surface area contributed by atoms with Crippen molar-refractivity contribution >= 4 is 10.9 Å². The maximum Gasteiger partial charge on any atom is 0.416 e. The van der Waals surface area contributed by atoms with Crippen LogP contribution < -0.4 is 5.32 Å². The summed E-state index contributed by atoms with van der Waals surface area (Å²) < 4.78 is 40.5. The lowest BCUT2D eigenvalue weighted by Gasteiger charge is -2.07. The van der Waals surface area contributed by atoms with E-state index in [1.54, 1.807) is 6.07 Å². The molecule has 0 atom stereocenters. The summed E-state index contributed by atoms with van der Waals surface area (Å²) in [5, 5.41) is 3.78. The third-order valence-corrected chi connectivity index (χ3v) is 3.50. The van der Waals surface area contributed by atoms with Gasteiger partial charge in [-0.05, 0) is 57.1 Å². The predicted octanol–water partition coefficient (Wildman–Crippen LogP) is 3.83. The molecule has 2 nitrogen and oxygen atoms in total. The fraction of sp³-hybridized carbons (Fsp3) is 0.467. The van der Waals surface area contributed by atoms with Gasteiger partial charge in [-0.1, -0.05) is 0 Å². The van der Waals surface area contributed by atoms with Gasteiger partial charge in [0.05, 0.1) is 5.56 Å². The predicted molar refractivity (Wildman–Crippen MR) is 74.9 cm³/mol. The fourth-order valence-electron chi connectivity index (χ4n) is 2.46. The van der Waals surface area contributed by atoms with Gasteiger partial charge in [0.2, 0.25) is 0 Å². The van der Waals surface area contributed by atoms with Crippen molar-refractivity contribution in [3.05, 3.63) is 35.5 Å². The van der Waals surface area contributed by atoms with Gasteiger partial charge in [0, 0.05) is 23.6 Å². The topological polar surface area (TPSA) is 17.0 Å². The number of fused-ring (bicyclic) bond motifs is 1. The molecule has 2 rings (SSSR count). The minimum Gasteiger partial charge on any atom is -0.347 e. The Morgan fingerprint density at radius 2 is 2.00 bits per heavy atom. The van der Waals surface area contributed by atoms with E-state index in [-0.39, 0.29) is 0 Å². The van der Waals surface area contributed by atoms with Crippen LogP contribution in [0.25, 0.3) is 10.9 Å². The molecular formula is C15H19F3N2. The van der Waals surface area contributed by atoms with Crippen LogP contribution >= 0.6 is 0 Å². The number of nitrogens with one attached hydrogen (secondary N) is 1. The van der Waals surface area contributed by atoms with Crippen LogP contribution in [0.15, 0.2) is 24.4 Å². The second-order valence-electron chi connectivity index (χ2n) is 4.88. The number of hydrogen-bond donors (Lipinski definition) is 1. The maximum absolute atomic E-state index is 12.8. The number of hydrogen-bond acceptors (Lipinski definition) is 1. The summed E-state index contributed by atoms with van der Waals surface area (Å²) in [6.07, 6.45) is -0.619. The van der Waals surface area contributed by atoms with Gasteiger partial charge < -0.3 is 9.88 Å². The SMILES string of the molecule is CCn1cc(CCCNC)c2cc(C(F)(F)F)ccc21. The first-order valence-electron chi connectivity index (χ1n) is 6.81. The number of rotatable bonds is 5. The van der Waals surface area contributed by atoms with Crippen molar-refractivity contribution in [2.75, 3.05) is 13.6 Å². The van der Waals surface area contributed by atoms with E-state index in [2.05, 4.69) is 5.32 Å². The van der Waals surface area contributed by atoms with Crippen LogP contribution in [0.3, 0.4) is 0 Å². The van der Waals surface area contributed by atoms with E-state index in [4.69, 9.17) is 0 Å². The van der Waals surface area contributed by atoms with E-state index in [1.165, 1.54) is 6.07 Å². The first-order chi connectivity index (χ1) is 9.47. The molecule has 0 saturated heterocycles. The van der Waals surface area contributed by atoms with Crippen molar-refractivity contribution in [1.82, 2.24) is 9.88 Å². The molecule has 0 unspecified atom stereocenters. The Kier molecular flexibility index (Phi) is 4.38. The summed E-state index contributed by atoms with van der Waals surface area (Å²) in [5.41, 5.74) is 1.29. The lowest BCUT2D eigenvalue weighted by atomic mass is 10.1. The second-order valence-corrected chi connectivity index (χ2v) is 4.88. The Labute approximate surface area is 116 Å². The average Bonchev–Trinajstić information content (AvgIpc) is 2.76. The molecule has 0 bridgehead atoms. The lowest BCUT2D eigenvalue weighted by molar-refractivity contribution is -0.137. The minimum atomic E-state index is -4.29. The molecule has 0 radical (unpaired) electrons. The molecule has 0 aliphatic rings. The number of aryl methyl sites for hydroxylation is 2. The second kappa shape index (κ2) is 5.87. The van der Waals surface area contributed by atoms with Gasteiger partial charge in [-0.3, -0.25) is 0 Å². The van der Waals surface area contributed by atoms with Gasteiger partial charge in [-0.2, -0.15) is 13.2 Å². The Hall–Kier alpha value is -1.49. The monoisotopic (exact) mass is 284 g/mol. The Bertz CT molecular complexity index is 585. The molecule has 1 aromatic carbocycles. The molecule has 0 fully saturated rings. The van der Waals surface area contributed by atoms with Crippen molar-refractivity contribution in [2.24, 2.45) is 0 Å². The molecular weight excluding hydrogens is 265 g/mol. The van der Waals surface area contributed by atoms with Gasteiger partial charge in [-0.25, -0.2) is 0 Å². The lowest BCUT2D eigenvalue weighted by Crippen LogP contribution is -2.08. The molecule has 5 heteroatoms. The summed E-state index contributed by atoms with van der Waals surface area (Å²) in [5.74, 6) is 0. The highest BCUT2D eigenvalue weighted by atomic mass is 19.4. The zero-order valence-electron chi connectivity index (χ0n) is 11.7. The van der Waals surface area contributed by atoms with E-state index >= 15 is 0 Å². The molecule has 0 amide bonds. The van der Waals surface area contributed by atoms with Crippen LogP contribution in [-0.4, -0.2) is 18.2 Å². The number of alkyl halides is 3. The van der Waals surface area contributed by atoms with Crippen LogP contribution in [0, 0.1) is 0 Å². The van der Waals surface area contributed by atoms with Crippen molar-refractivity contribution in [3.63, 3.8) is 0 Å². The van der Waals surface area contributed by atoms with Gasteiger partial charge in [0.25, 0.3) is 0 Å². The molecule has 0 saturated carbocycles. The van der Waals surface area contributed by atoms with Crippen LogP contribution in [0.1, 0.15) is 24.5 Å². The van der Waals surface area contributed by atoms with E-state index < -0.39 is 11.7 Å². The molecule has 0 aliphatic carbocycles. The summed E-state index contributed by atoms with van der Waals surface area (Å²) >= 11 is 0. The molecule has 110 valence electrons. The summed E-state index contributed by atoms with van der Waals surface area (Å²) in [4.78, 5) is 0. The van der Waals surface area contributed by atoms with Crippen molar-refractivity contribution in [1.29, 1.82) is 0 Å². The first-order valence-corrected chi connectivity index (χ1v) is 6.81. The first kappa shape index (κ1) is 14.9. The van der Waals surface area contributed by atoms with Gasteiger partial charge in [0.1, 0.15) is 0 Å². The van der Waals surface area contributed by atoms with Crippen molar-refractivity contribution in [2.45, 2.75) is 32.5 Å². The zero-order chi connectivity index (χ0) is 14.8. The van der Waals surface area contributed by atoms with Crippen molar-refractivity contribution in [3.8, 4) is 0 Å². The van der Waals surface area contributed by atoms with E-state index in [0.717, 1.165) is 48.5 Å². The van der Waals surface area contributed by atoms with Gasteiger partial charge >= 0.3 is 6.18 Å². The molecule has 0 spiro atoms. The maximum atomic E-state index is 12.8. The van der Waals surface area contributed by atoms with Crippen LogP contribution in [-0.2, 0) is 19.1 Å². The van der Waals surface area contributed by atoms with Gasteiger partial charge in [-0.15, -0.1) is 0 Å². The Morgan fingerprint density at radius 3 is 2.60 bits per heavy atom. The highest BCUT2D eigenvalue weighted by Crippen LogP contribution is 2.33. The number of nitrogens with zero attached hydrogens (tertiary/aromatic N) is 1. The standard InChI is InChI=1S/C15H19F3N2/c1-3-20-10-11(5-4-8-19-2)13-9-12(15(16,17)18)6-7-14(13)20/h6-7,9-10,19H,3-5,8H2,1-2H3. The van der Waals surface area contributed by atoms with Crippen LogP contribution in [0.4, 0.5) is 13.2 Å².